The maximum atomic E-state index is 5.13. The Labute approximate surface area is 101 Å². The van der Waals surface area contributed by atoms with E-state index in [0.717, 1.165) is 35.9 Å². The maximum absolute atomic E-state index is 5.13. The number of rotatable bonds is 5. The number of nitrogens with zero attached hydrogens (tertiary/aromatic N) is 3. The summed E-state index contributed by atoms with van der Waals surface area (Å²) in [6, 6.07) is 0. The Morgan fingerprint density at radius 3 is 2.88 bits per heavy atom. The molecule has 0 amide bonds. The Hall–Kier alpha value is -1.78. The summed E-state index contributed by atoms with van der Waals surface area (Å²) < 4.78 is 7.24. The predicted molar refractivity (Wildman–Crippen MR) is 65.8 cm³/mol. The van der Waals surface area contributed by atoms with Crippen molar-refractivity contribution in [3.8, 4) is 0 Å². The van der Waals surface area contributed by atoms with E-state index in [4.69, 9.17) is 4.52 Å². The third-order valence-corrected chi connectivity index (χ3v) is 2.78. The number of anilines is 1. The molecular weight excluding hydrogens is 216 g/mol. The third-order valence-electron chi connectivity index (χ3n) is 2.78. The Morgan fingerprint density at radius 1 is 1.41 bits per heavy atom. The van der Waals surface area contributed by atoms with E-state index in [1.54, 1.807) is 0 Å². The molecule has 0 aromatic carbocycles. The largest absolute Gasteiger partial charge is 0.361 e. The zero-order valence-corrected chi connectivity index (χ0v) is 10.5. The summed E-state index contributed by atoms with van der Waals surface area (Å²) in [5.41, 5.74) is 2.04. The van der Waals surface area contributed by atoms with E-state index >= 15 is 0 Å². The quantitative estimate of drug-likeness (QED) is 0.863. The Balaban J connectivity index is 2.05. The predicted octanol–water partition coefficient (Wildman–Crippen LogP) is 2.51. The minimum Gasteiger partial charge on any atom is -0.361 e. The van der Waals surface area contributed by atoms with E-state index in [1.807, 2.05) is 26.2 Å². The zero-order valence-electron chi connectivity index (χ0n) is 10.5. The summed E-state index contributed by atoms with van der Waals surface area (Å²) >= 11 is 0. The van der Waals surface area contributed by atoms with Crippen molar-refractivity contribution >= 4 is 5.95 Å². The van der Waals surface area contributed by atoms with Crippen molar-refractivity contribution in [2.75, 3.05) is 5.32 Å². The van der Waals surface area contributed by atoms with Gasteiger partial charge in [0.15, 0.2) is 0 Å². The lowest BCUT2D eigenvalue weighted by Gasteiger charge is -2.08. The van der Waals surface area contributed by atoms with E-state index in [2.05, 4.69) is 26.9 Å². The van der Waals surface area contributed by atoms with Crippen LogP contribution in [0.5, 0.6) is 0 Å². The highest BCUT2D eigenvalue weighted by atomic mass is 16.5. The number of hydrogen-bond donors (Lipinski definition) is 1. The van der Waals surface area contributed by atoms with Gasteiger partial charge in [0, 0.05) is 31.0 Å². The van der Waals surface area contributed by atoms with Crippen LogP contribution in [0, 0.1) is 13.8 Å². The van der Waals surface area contributed by atoms with Crippen LogP contribution in [0.3, 0.4) is 0 Å². The van der Waals surface area contributed by atoms with Gasteiger partial charge in [0.1, 0.15) is 5.76 Å². The number of aryl methyl sites for hydroxylation is 3. The van der Waals surface area contributed by atoms with Crippen LogP contribution >= 0.6 is 0 Å². The van der Waals surface area contributed by atoms with Crippen molar-refractivity contribution in [1.29, 1.82) is 0 Å². The molecule has 0 spiro atoms. The molecule has 0 aliphatic carbocycles. The summed E-state index contributed by atoms with van der Waals surface area (Å²) in [5, 5.41) is 7.25. The number of imidazole rings is 1. The topological polar surface area (TPSA) is 55.9 Å². The molecule has 0 fully saturated rings. The van der Waals surface area contributed by atoms with Gasteiger partial charge >= 0.3 is 0 Å². The lowest BCUT2D eigenvalue weighted by molar-refractivity contribution is 0.392. The molecule has 2 heterocycles. The van der Waals surface area contributed by atoms with Crippen LogP contribution in [0.1, 0.15) is 30.4 Å². The smallest absolute Gasteiger partial charge is 0.203 e. The van der Waals surface area contributed by atoms with Crippen molar-refractivity contribution in [3.63, 3.8) is 0 Å². The van der Waals surface area contributed by atoms with Crippen LogP contribution < -0.4 is 5.32 Å². The van der Waals surface area contributed by atoms with Crippen LogP contribution in [0.2, 0.25) is 0 Å². The first-order valence-electron chi connectivity index (χ1n) is 5.89. The van der Waals surface area contributed by atoms with Crippen molar-refractivity contribution in [2.24, 2.45) is 0 Å². The first kappa shape index (κ1) is 11.7. The monoisotopic (exact) mass is 234 g/mol. The van der Waals surface area contributed by atoms with Gasteiger partial charge in [-0.15, -0.1) is 0 Å². The summed E-state index contributed by atoms with van der Waals surface area (Å²) in [4.78, 5) is 4.29. The minimum atomic E-state index is 0.696. The molecular formula is C12H18N4O. The summed E-state index contributed by atoms with van der Waals surface area (Å²) in [6.07, 6.45) is 4.89. The molecule has 0 saturated heterocycles. The number of hydrogen-bond acceptors (Lipinski definition) is 4. The van der Waals surface area contributed by atoms with Crippen LogP contribution in [0.25, 0.3) is 0 Å². The second-order valence-corrected chi connectivity index (χ2v) is 4.10. The van der Waals surface area contributed by atoms with Crippen molar-refractivity contribution in [3.05, 3.63) is 29.4 Å². The molecule has 5 heteroatoms. The van der Waals surface area contributed by atoms with Gasteiger partial charge in [-0.2, -0.15) is 0 Å². The second kappa shape index (κ2) is 5.03. The first-order valence-corrected chi connectivity index (χ1v) is 5.89. The van der Waals surface area contributed by atoms with E-state index in [0.29, 0.717) is 6.54 Å². The summed E-state index contributed by atoms with van der Waals surface area (Å²) in [6.45, 7) is 7.70. The average molecular weight is 234 g/mol. The molecule has 0 unspecified atom stereocenters. The molecule has 0 aliphatic heterocycles. The molecule has 2 rings (SSSR count). The summed E-state index contributed by atoms with van der Waals surface area (Å²) in [5.74, 6) is 1.76. The standard InChI is InChI=1S/C12H18N4O/c1-4-6-16-7-5-13-12(16)14-8-11-9(2)15-17-10(11)3/h5,7H,4,6,8H2,1-3H3,(H,13,14). The molecule has 2 aromatic heterocycles. The van der Waals surface area contributed by atoms with Crippen LogP contribution in [0.4, 0.5) is 5.95 Å². The molecule has 5 nitrogen and oxygen atoms in total. The fourth-order valence-corrected chi connectivity index (χ4v) is 1.82. The molecule has 0 atom stereocenters. The zero-order chi connectivity index (χ0) is 12.3. The van der Waals surface area contributed by atoms with Gasteiger partial charge in [0.2, 0.25) is 5.95 Å². The van der Waals surface area contributed by atoms with E-state index in [-0.39, 0.29) is 0 Å². The van der Waals surface area contributed by atoms with Crippen LogP contribution in [0.15, 0.2) is 16.9 Å². The highest BCUT2D eigenvalue weighted by Crippen LogP contribution is 2.14. The molecule has 2 aromatic rings. The number of aromatic nitrogens is 3. The van der Waals surface area contributed by atoms with E-state index < -0.39 is 0 Å². The Kier molecular flexibility index (Phi) is 3.46. The highest BCUT2D eigenvalue weighted by molar-refractivity contribution is 5.31. The van der Waals surface area contributed by atoms with Crippen molar-refractivity contribution < 1.29 is 4.52 Å². The van der Waals surface area contributed by atoms with Gasteiger partial charge in [0.05, 0.1) is 5.69 Å². The van der Waals surface area contributed by atoms with Gasteiger partial charge in [-0.1, -0.05) is 12.1 Å². The third kappa shape index (κ3) is 2.49. The first-order chi connectivity index (χ1) is 8.22. The van der Waals surface area contributed by atoms with Crippen LogP contribution in [-0.2, 0) is 13.1 Å². The van der Waals surface area contributed by atoms with Gasteiger partial charge in [-0.3, -0.25) is 0 Å². The second-order valence-electron chi connectivity index (χ2n) is 4.10. The highest BCUT2D eigenvalue weighted by Gasteiger charge is 2.09. The van der Waals surface area contributed by atoms with Gasteiger partial charge < -0.3 is 14.4 Å². The fourth-order valence-electron chi connectivity index (χ4n) is 1.82. The average Bonchev–Trinajstić information content (AvgIpc) is 2.86. The minimum absolute atomic E-state index is 0.696. The Morgan fingerprint density at radius 2 is 2.24 bits per heavy atom. The van der Waals surface area contributed by atoms with Gasteiger partial charge in [-0.05, 0) is 20.3 Å². The SMILES string of the molecule is CCCn1ccnc1NCc1c(C)noc1C. The molecule has 92 valence electrons. The lowest BCUT2D eigenvalue weighted by Crippen LogP contribution is -2.08. The number of nitrogens with one attached hydrogen (secondary N) is 1. The fraction of sp³-hybridized carbons (Fsp3) is 0.500. The van der Waals surface area contributed by atoms with Crippen LogP contribution in [-0.4, -0.2) is 14.7 Å². The normalized spacial score (nSPS) is 10.8. The van der Waals surface area contributed by atoms with Crippen molar-refractivity contribution in [1.82, 2.24) is 14.7 Å². The molecule has 1 N–H and O–H groups in total. The Bertz CT molecular complexity index is 467. The van der Waals surface area contributed by atoms with E-state index in [9.17, 15) is 0 Å². The molecule has 0 saturated carbocycles. The van der Waals surface area contributed by atoms with E-state index in [1.165, 1.54) is 0 Å². The lowest BCUT2D eigenvalue weighted by atomic mass is 10.2. The maximum Gasteiger partial charge on any atom is 0.203 e. The molecule has 0 radical (unpaired) electrons. The van der Waals surface area contributed by atoms with Gasteiger partial charge in [0.25, 0.3) is 0 Å². The molecule has 17 heavy (non-hydrogen) atoms. The molecule has 0 aliphatic rings. The summed E-state index contributed by atoms with van der Waals surface area (Å²) in [7, 11) is 0. The molecule has 0 bridgehead atoms. The van der Waals surface area contributed by atoms with Crippen molar-refractivity contribution in [2.45, 2.75) is 40.3 Å². The van der Waals surface area contributed by atoms with Gasteiger partial charge in [-0.25, -0.2) is 4.98 Å².